The van der Waals surface area contributed by atoms with E-state index in [9.17, 15) is 9.90 Å². The average molecular weight is 422 g/mol. The number of fused-ring (bicyclic) bond motifs is 1. The third-order valence-electron chi connectivity index (χ3n) is 5.12. The van der Waals surface area contributed by atoms with Gasteiger partial charge in [0.2, 0.25) is 0 Å². The lowest BCUT2D eigenvalue weighted by molar-refractivity contribution is -0.229. The minimum absolute atomic E-state index is 0.207. The Kier molecular flexibility index (Phi) is 7.15. The van der Waals surface area contributed by atoms with E-state index >= 15 is 0 Å². The van der Waals surface area contributed by atoms with Gasteiger partial charge in [0.05, 0.1) is 20.3 Å². The van der Waals surface area contributed by atoms with Gasteiger partial charge in [0.1, 0.15) is 36.3 Å². The molecule has 1 aliphatic carbocycles. The number of aliphatic hydroxyl groups is 1. The monoisotopic (exact) mass is 422 g/mol. The molecule has 1 aliphatic heterocycles. The second-order valence-electron chi connectivity index (χ2n) is 7.84. The van der Waals surface area contributed by atoms with Crippen LogP contribution in [0.15, 0.2) is 36.9 Å². The van der Waals surface area contributed by atoms with Crippen molar-refractivity contribution < 1.29 is 38.3 Å². The number of hydrogen-bond donors (Lipinski definition) is 1. The largest absolute Gasteiger partial charge is 0.497 e. The van der Waals surface area contributed by atoms with Crippen molar-refractivity contribution >= 4 is 5.97 Å². The van der Waals surface area contributed by atoms with Gasteiger partial charge in [0.25, 0.3) is 0 Å². The first-order valence-corrected chi connectivity index (χ1v) is 9.93. The molecular formula is C22H30O8. The second kappa shape index (κ2) is 9.45. The predicted octanol–water partition coefficient (Wildman–Crippen LogP) is 1.98. The van der Waals surface area contributed by atoms with Crippen LogP contribution in [0.3, 0.4) is 0 Å². The number of carbonyl (C=O) groups is 1. The summed E-state index contributed by atoms with van der Waals surface area (Å²) in [4.78, 5) is 11.8. The number of methoxy groups -OCH3 is 1. The van der Waals surface area contributed by atoms with E-state index < -0.39 is 48.4 Å². The van der Waals surface area contributed by atoms with Crippen molar-refractivity contribution in [2.24, 2.45) is 0 Å². The Hall–Kier alpha value is -1.97. The number of rotatable bonds is 8. The maximum Gasteiger partial charge on any atom is 0.303 e. The van der Waals surface area contributed by atoms with Gasteiger partial charge in [-0.2, -0.15) is 0 Å². The molecule has 1 aromatic carbocycles. The van der Waals surface area contributed by atoms with Crippen molar-refractivity contribution in [1.29, 1.82) is 0 Å². The number of hydrogen-bond acceptors (Lipinski definition) is 8. The van der Waals surface area contributed by atoms with Crippen LogP contribution in [0.4, 0.5) is 0 Å². The Morgan fingerprint density at radius 2 is 1.77 bits per heavy atom. The van der Waals surface area contributed by atoms with Crippen LogP contribution in [0.1, 0.15) is 26.3 Å². The van der Waals surface area contributed by atoms with Gasteiger partial charge in [-0.1, -0.05) is 18.2 Å². The Morgan fingerprint density at radius 1 is 1.13 bits per heavy atom. The van der Waals surface area contributed by atoms with E-state index in [1.165, 1.54) is 6.92 Å². The van der Waals surface area contributed by atoms with Crippen molar-refractivity contribution in [3.63, 3.8) is 0 Å². The molecule has 2 aliphatic rings. The van der Waals surface area contributed by atoms with Gasteiger partial charge in [-0.15, -0.1) is 6.58 Å². The summed E-state index contributed by atoms with van der Waals surface area (Å²) in [6.45, 7) is 8.93. The zero-order chi connectivity index (χ0) is 21.9. The zero-order valence-corrected chi connectivity index (χ0v) is 17.8. The van der Waals surface area contributed by atoms with E-state index in [4.69, 9.17) is 28.4 Å². The van der Waals surface area contributed by atoms with Crippen molar-refractivity contribution in [2.45, 2.75) is 69.8 Å². The van der Waals surface area contributed by atoms with Crippen LogP contribution in [-0.4, -0.2) is 67.2 Å². The SMILES string of the molecule is C=CCO[C@H]1[C@H](O)[C@@H](OC(C)=O)[C@H](OCc2ccc(OC)cc2)[C@H]2OC(C)(C)O[C@H]21. The van der Waals surface area contributed by atoms with Crippen LogP contribution in [0.2, 0.25) is 0 Å². The van der Waals surface area contributed by atoms with Gasteiger partial charge >= 0.3 is 5.97 Å². The highest BCUT2D eigenvalue weighted by Crippen LogP contribution is 2.41. The molecule has 0 unspecified atom stereocenters. The summed E-state index contributed by atoms with van der Waals surface area (Å²) in [5.74, 6) is -0.699. The number of carbonyl (C=O) groups excluding carboxylic acids is 1. The third-order valence-corrected chi connectivity index (χ3v) is 5.12. The third kappa shape index (κ3) is 5.01. The summed E-state index contributed by atoms with van der Waals surface area (Å²) in [6.07, 6.45) is -3.26. The molecule has 1 N–H and O–H groups in total. The van der Waals surface area contributed by atoms with Crippen LogP contribution in [0, 0.1) is 0 Å². The van der Waals surface area contributed by atoms with Crippen molar-refractivity contribution in [3.05, 3.63) is 42.5 Å². The normalized spacial score (nSPS) is 32.3. The summed E-state index contributed by atoms with van der Waals surface area (Å²) in [7, 11) is 1.60. The van der Waals surface area contributed by atoms with E-state index in [-0.39, 0.29) is 13.2 Å². The molecule has 3 rings (SSSR count). The lowest BCUT2D eigenvalue weighted by Gasteiger charge is -2.44. The quantitative estimate of drug-likeness (QED) is 0.502. The molecule has 1 saturated heterocycles. The number of aliphatic hydroxyl groups excluding tert-OH is 1. The average Bonchev–Trinajstić information content (AvgIpc) is 3.02. The molecule has 0 spiro atoms. The highest BCUT2D eigenvalue weighted by Gasteiger charge is 2.60. The van der Waals surface area contributed by atoms with Gasteiger partial charge in [0, 0.05) is 6.92 Å². The molecule has 30 heavy (non-hydrogen) atoms. The van der Waals surface area contributed by atoms with Crippen LogP contribution >= 0.6 is 0 Å². The Morgan fingerprint density at radius 3 is 2.33 bits per heavy atom. The second-order valence-corrected chi connectivity index (χ2v) is 7.84. The van der Waals surface area contributed by atoms with Gasteiger partial charge in [-0.05, 0) is 31.5 Å². The lowest BCUT2D eigenvalue weighted by atomic mass is 9.84. The van der Waals surface area contributed by atoms with Crippen LogP contribution in [0.25, 0.3) is 0 Å². The zero-order valence-electron chi connectivity index (χ0n) is 17.8. The molecular weight excluding hydrogens is 392 g/mol. The smallest absolute Gasteiger partial charge is 0.303 e. The van der Waals surface area contributed by atoms with E-state index in [0.717, 1.165) is 11.3 Å². The fraction of sp³-hybridized carbons (Fsp3) is 0.591. The molecule has 6 atom stereocenters. The lowest BCUT2D eigenvalue weighted by Crippen LogP contribution is -2.65. The van der Waals surface area contributed by atoms with Gasteiger partial charge < -0.3 is 33.5 Å². The standard InChI is InChI=1S/C22H30O8/c1-6-11-26-17-16(24)18(28-13(2)23)19(21-20(17)29-22(3,4)30-21)27-12-14-7-9-15(25-5)10-8-14/h6-10,16-21,24H,1,11-12H2,2-5H3/t16-,17-,18+,19-,20-,21+/m0/s1. The molecule has 1 aromatic rings. The number of esters is 1. The van der Waals surface area contributed by atoms with E-state index in [1.807, 2.05) is 24.3 Å². The molecule has 8 heteroatoms. The molecule has 0 bridgehead atoms. The fourth-order valence-electron chi connectivity index (χ4n) is 3.89. The van der Waals surface area contributed by atoms with Crippen molar-refractivity contribution in [1.82, 2.24) is 0 Å². The van der Waals surface area contributed by atoms with E-state index in [1.54, 1.807) is 27.0 Å². The summed E-state index contributed by atoms with van der Waals surface area (Å²) in [6, 6.07) is 7.42. The molecule has 2 fully saturated rings. The summed E-state index contributed by atoms with van der Waals surface area (Å²) in [5, 5.41) is 11.0. The minimum atomic E-state index is -1.16. The van der Waals surface area contributed by atoms with Crippen LogP contribution in [0.5, 0.6) is 5.75 Å². The Balaban J connectivity index is 1.84. The van der Waals surface area contributed by atoms with Gasteiger partial charge in [-0.3, -0.25) is 4.79 Å². The molecule has 166 valence electrons. The van der Waals surface area contributed by atoms with Crippen molar-refractivity contribution in [3.8, 4) is 5.75 Å². The minimum Gasteiger partial charge on any atom is -0.497 e. The highest BCUT2D eigenvalue weighted by molar-refractivity contribution is 5.66. The summed E-state index contributed by atoms with van der Waals surface area (Å²) >= 11 is 0. The summed E-state index contributed by atoms with van der Waals surface area (Å²) < 4.78 is 34.6. The van der Waals surface area contributed by atoms with Crippen LogP contribution < -0.4 is 4.74 Å². The first kappa shape index (κ1) is 22.7. The summed E-state index contributed by atoms with van der Waals surface area (Å²) in [5.41, 5.74) is 0.895. The fourth-order valence-corrected chi connectivity index (χ4v) is 3.89. The number of ether oxygens (including phenoxy) is 6. The van der Waals surface area contributed by atoms with Crippen LogP contribution in [-0.2, 0) is 35.1 Å². The molecule has 0 radical (unpaired) electrons. The number of benzene rings is 1. The van der Waals surface area contributed by atoms with Gasteiger partial charge in [-0.25, -0.2) is 0 Å². The Bertz CT molecular complexity index is 731. The first-order valence-electron chi connectivity index (χ1n) is 9.93. The maximum absolute atomic E-state index is 11.8. The van der Waals surface area contributed by atoms with E-state index in [2.05, 4.69) is 6.58 Å². The topological polar surface area (TPSA) is 92.7 Å². The van der Waals surface area contributed by atoms with Gasteiger partial charge in [0.15, 0.2) is 11.9 Å². The maximum atomic E-state index is 11.8. The first-order chi connectivity index (χ1) is 14.3. The molecule has 1 saturated carbocycles. The highest BCUT2D eigenvalue weighted by atomic mass is 16.8. The predicted molar refractivity (Wildman–Crippen MR) is 107 cm³/mol. The molecule has 0 amide bonds. The van der Waals surface area contributed by atoms with Crippen molar-refractivity contribution in [2.75, 3.05) is 13.7 Å². The molecule has 1 heterocycles. The molecule has 8 nitrogen and oxygen atoms in total. The van der Waals surface area contributed by atoms with E-state index in [0.29, 0.717) is 0 Å². The Labute approximate surface area is 176 Å². The molecule has 0 aromatic heterocycles.